The van der Waals surface area contributed by atoms with Gasteiger partial charge in [0.25, 0.3) is 0 Å². The second-order valence-electron chi connectivity index (χ2n) is 5.08. The van der Waals surface area contributed by atoms with Crippen molar-refractivity contribution < 1.29 is 35.7 Å². The molecule has 0 radical (unpaired) electrons. The fourth-order valence-corrected chi connectivity index (χ4v) is 2.71. The first-order valence-corrected chi connectivity index (χ1v) is 8.03. The number of halogens is 3. The Kier molecular flexibility index (Phi) is 4.69. The third-order valence-corrected chi connectivity index (χ3v) is 4.42. The summed E-state index contributed by atoms with van der Waals surface area (Å²) >= 11 is 0. The molecule has 5 nitrogen and oxygen atoms in total. The van der Waals surface area contributed by atoms with E-state index in [1.54, 1.807) is 18.2 Å². The van der Waals surface area contributed by atoms with Crippen molar-refractivity contribution in [3.63, 3.8) is 0 Å². The lowest BCUT2D eigenvalue weighted by molar-refractivity contribution is -0.0527. The molecule has 0 saturated carbocycles. The minimum atomic E-state index is -5.61. The minimum Gasteiger partial charge on any atom is -0.478 e. The summed E-state index contributed by atoms with van der Waals surface area (Å²) in [6.45, 7) is 0. The summed E-state index contributed by atoms with van der Waals surface area (Å²) in [5.41, 5.74) is -4.66. The van der Waals surface area contributed by atoms with Crippen molar-refractivity contribution >= 4 is 16.1 Å². The van der Waals surface area contributed by atoms with Gasteiger partial charge in [0, 0.05) is 6.42 Å². The third kappa shape index (κ3) is 4.04. The number of carboxylic acids is 1. The number of benzene rings is 1. The molecule has 126 valence electrons. The maximum absolute atomic E-state index is 12.1. The lowest BCUT2D eigenvalue weighted by Crippen LogP contribution is -2.27. The summed E-state index contributed by atoms with van der Waals surface area (Å²) in [5.74, 6) is -1.43. The van der Waals surface area contributed by atoms with Crippen LogP contribution in [-0.4, -0.2) is 25.0 Å². The molecule has 0 amide bonds. The van der Waals surface area contributed by atoms with E-state index >= 15 is 0 Å². The van der Waals surface area contributed by atoms with Crippen LogP contribution in [0.15, 0.2) is 36.1 Å². The number of allylic oxidation sites excluding steroid dienone is 2. The lowest BCUT2D eigenvalue weighted by Gasteiger charge is -2.25. The van der Waals surface area contributed by atoms with Crippen molar-refractivity contribution in [2.75, 3.05) is 0 Å². The van der Waals surface area contributed by atoms with Gasteiger partial charge in [-0.3, -0.25) is 0 Å². The Morgan fingerprint density at radius 2 is 1.91 bits per heavy atom. The number of aryl methyl sites for hydroxylation is 1. The Bertz CT molecular complexity index is 737. The average Bonchev–Trinajstić information content (AvgIpc) is 2.40. The highest BCUT2D eigenvalue weighted by Crippen LogP contribution is 2.35. The van der Waals surface area contributed by atoms with Gasteiger partial charge in [0.05, 0.1) is 5.56 Å². The third-order valence-electron chi connectivity index (χ3n) is 3.42. The van der Waals surface area contributed by atoms with Crippen LogP contribution in [0.25, 0.3) is 0 Å². The molecule has 1 N–H and O–H groups in total. The predicted octanol–water partition coefficient (Wildman–Crippen LogP) is 3.09. The zero-order chi connectivity index (χ0) is 17.3. The summed E-state index contributed by atoms with van der Waals surface area (Å²) in [6.07, 6.45) is 2.30. The van der Waals surface area contributed by atoms with E-state index in [9.17, 15) is 26.4 Å². The second kappa shape index (κ2) is 6.23. The molecule has 1 aliphatic carbocycles. The molecule has 2 rings (SSSR count). The molecule has 0 aliphatic heterocycles. The average molecular weight is 350 g/mol. The molecule has 1 aromatic rings. The van der Waals surface area contributed by atoms with Gasteiger partial charge in [-0.2, -0.15) is 21.6 Å². The summed E-state index contributed by atoms with van der Waals surface area (Å²) in [6, 6.07) is 6.43. The van der Waals surface area contributed by atoms with Crippen molar-refractivity contribution in [2.45, 2.75) is 24.8 Å². The molecule has 9 heteroatoms. The van der Waals surface area contributed by atoms with Crippen molar-refractivity contribution in [2.24, 2.45) is 5.92 Å². The second-order valence-corrected chi connectivity index (χ2v) is 6.62. The highest BCUT2D eigenvalue weighted by atomic mass is 32.2. The van der Waals surface area contributed by atoms with Crippen LogP contribution in [0.1, 0.15) is 28.8 Å². The Hall–Kier alpha value is -2.03. The first-order valence-electron chi connectivity index (χ1n) is 6.63. The van der Waals surface area contributed by atoms with Gasteiger partial charge in [-0.15, -0.1) is 0 Å². The molecule has 0 heterocycles. The lowest BCUT2D eigenvalue weighted by atomic mass is 9.87. The minimum absolute atomic E-state index is 0.0740. The molecule has 0 aromatic heterocycles. The van der Waals surface area contributed by atoms with Gasteiger partial charge in [-0.05, 0) is 36.5 Å². The maximum Gasteiger partial charge on any atom is 0.534 e. The van der Waals surface area contributed by atoms with Gasteiger partial charge >= 0.3 is 21.6 Å². The summed E-state index contributed by atoms with van der Waals surface area (Å²) in [5, 5.41) is 9.04. The van der Waals surface area contributed by atoms with E-state index < -0.39 is 21.6 Å². The smallest absolute Gasteiger partial charge is 0.478 e. The zero-order valence-corrected chi connectivity index (χ0v) is 12.5. The zero-order valence-electron chi connectivity index (χ0n) is 11.7. The van der Waals surface area contributed by atoms with Crippen molar-refractivity contribution in [1.29, 1.82) is 0 Å². The molecule has 0 bridgehead atoms. The van der Waals surface area contributed by atoms with E-state index in [0.717, 1.165) is 0 Å². The van der Waals surface area contributed by atoms with E-state index in [0.29, 0.717) is 18.4 Å². The number of hydrogen-bond donors (Lipinski definition) is 1. The van der Waals surface area contributed by atoms with Gasteiger partial charge in [-0.25, -0.2) is 4.79 Å². The van der Waals surface area contributed by atoms with Crippen LogP contribution in [0, 0.1) is 5.92 Å². The Morgan fingerprint density at radius 1 is 1.30 bits per heavy atom. The first-order chi connectivity index (χ1) is 10.6. The summed E-state index contributed by atoms with van der Waals surface area (Å²) in [7, 11) is -5.61. The van der Waals surface area contributed by atoms with Crippen LogP contribution in [0.3, 0.4) is 0 Å². The molecular weight excluding hydrogens is 337 g/mol. The molecule has 1 atom stereocenters. The van der Waals surface area contributed by atoms with Crippen LogP contribution in [-0.2, 0) is 20.7 Å². The fraction of sp³-hybridized carbons (Fsp3) is 0.357. The molecule has 1 aliphatic rings. The quantitative estimate of drug-likeness (QED) is 0.630. The van der Waals surface area contributed by atoms with Crippen LogP contribution >= 0.6 is 0 Å². The highest BCUT2D eigenvalue weighted by molar-refractivity contribution is 7.87. The van der Waals surface area contributed by atoms with Gasteiger partial charge in [-0.1, -0.05) is 18.2 Å². The molecule has 1 unspecified atom stereocenters. The van der Waals surface area contributed by atoms with Crippen LogP contribution in [0.2, 0.25) is 0 Å². The van der Waals surface area contributed by atoms with Crippen LogP contribution in [0.5, 0.6) is 0 Å². The molecule has 23 heavy (non-hydrogen) atoms. The highest BCUT2D eigenvalue weighted by Gasteiger charge is 2.49. The van der Waals surface area contributed by atoms with Crippen LogP contribution in [0.4, 0.5) is 13.2 Å². The molecular formula is C14H13F3O5S. The summed E-state index contributed by atoms with van der Waals surface area (Å²) in [4.78, 5) is 11.0. The normalized spacial score (nSPS) is 18.0. The SMILES string of the molecule is O=C(O)c1ccccc1CCC1C=C(OS(=O)(=O)C(F)(F)F)C1. The largest absolute Gasteiger partial charge is 0.534 e. The Balaban J connectivity index is 1.92. The van der Waals surface area contributed by atoms with Crippen molar-refractivity contribution in [3.05, 3.63) is 47.2 Å². The Labute approximate surface area is 130 Å². The van der Waals surface area contributed by atoms with Gasteiger partial charge < -0.3 is 9.29 Å². The fourth-order valence-electron chi connectivity index (χ4n) is 2.21. The van der Waals surface area contributed by atoms with Gasteiger partial charge in [0.1, 0.15) is 5.76 Å². The number of carbonyl (C=O) groups is 1. The monoisotopic (exact) mass is 350 g/mol. The van der Waals surface area contributed by atoms with E-state index in [2.05, 4.69) is 4.18 Å². The Morgan fingerprint density at radius 3 is 2.48 bits per heavy atom. The van der Waals surface area contributed by atoms with Gasteiger partial charge in [0.2, 0.25) is 0 Å². The van der Waals surface area contributed by atoms with Gasteiger partial charge in [0.15, 0.2) is 0 Å². The number of rotatable bonds is 6. The van der Waals surface area contributed by atoms with E-state index in [1.165, 1.54) is 12.1 Å². The summed E-state index contributed by atoms with van der Waals surface area (Å²) < 4.78 is 62.0. The topological polar surface area (TPSA) is 80.7 Å². The van der Waals surface area contributed by atoms with Crippen LogP contribution < -0.4 is 0 Å². The molecule has 1 aromatic carbocycles. The number of alkyl halides is 3. The first kappa shape index (κ1) is 17.3. The van der Waals surface area contributed by atoms with Crippen molar-refractivity contribution in [3.8, 4) is 0 Å². The maximum atomic E-state index is 12.1. The number of aromatic carboxylic acids is 1. The molecule has 0 fully saturated rings. The molecule has 0 saturated heterocycles. The van der Waals surface area contributed by atoms with E-state index in [1.807, 2.05) is 0 Å². The standard InChI is InChI=1S/C14H13F3O5S/c15-14(16,17)23(20,21)22-11-7-9(8-11)5-6-10-3-1-2-4-12(10)13(18)19/h1-4,7,9H,5-6,8H2,(H,18,19). The van der Waals surface area contributed by atoms with E-state index in [-0.39, 0.29) is 23.7 Å². The predicted molar refractivity (Wildman–Crippen MR) is 74.0 cm³/mol. The van der Waals surface area contributed by atoms with E-state index in [4.69, 9.17) is 5.11 Å². The molecule has 0 spiro atoms. The number of carboxylic acid groups (broad SMARTS) is 1. The number of hydrogen-bond acceptors (Lipinski definition) is 4. The van der Waals surface area contributed by atoms with Crippen molar-refractivity contribution in [1.82, 2.24) is 0 Å².